The molecule has 2 N–H and O–H groups in total. The number of hydrogen-bond donors (Lipinski definition) is 1. The van der Waals surface area contributed by atoms with Gasteiger partial charge in [-0.25, -0.2) is 0 Å². The lowest BCUT2D eigenvalue weighted by Crippen LogP contribution is -2.11. The van der Waals surface area contributed by atoms with Crippen molar-refractivity contribution in [3.05, 3.63) is 41.6 Å². The maximum Gasteiger partial charge on any atom is 0.248 e. The van der Waals surface area contributed by atoms with Crippen LogP contribution in [0.4, 0.5) is 0 Å². The Bertz CT molecular complexity index is 506. The van der Waals surface area contributed by atoms with Gasteiger partial charge in [0.15, 0.2) is 0 Å². The molecule has 0 aliphatic carbocycles. The van der Waals surface area contributed by atoms with Crippen molar-refractivity contribution in [3.63, 3.8) is 0 Å². The van der Waals surface area contributed by atoms with Crippen molar-refractivity contribution in [3.8, 4) is 0 Å². The van der Waals surface area contributed by atoms with Gasteiger partial charge < -0.3 is 5.73 Å². The van der Waals surface area contributed by atoms with Crippen LogP contribution in [0.2, 0.25) is 0 Å². The lowest BCUT2D eigenvalue weighted by atomic mass is 10.1. The minimum Gasteiger partial charge on any atom is -0.366 e. The molecule has 0 unspecified atom stereocenters. The molecular weight excluding hydrogens is 176 g/mol. The number of primary amides is 1. The van der Waals surface area contributed by atoms with Gasteiger partial charge in [-0.15, -0.1) is 0 Å². The lowest BCUT2D eigenvalue weighted by molar-refractivity contribution is 0.100. The summed E-state index contributed by atoms with van der Waals surface area (Å²) in [5.74, 6) is -0.404. The maximum atomic E-state index is 11.0. The summed E-state index contributed by atoms with van der Waals surface area (Å²) in [5.41, 5.74) is 7.63. The van der Waals surface area contributed by atoms with E-state index in [0.717, 1.165) is 16.5 Å². The van der Waals surface area contributed by atoms with Gasteiger partial charge in [0.1, 0.15) is 0 Å². The Hall–Kier alpha value is -1.90. The molecule has 0 aliphatic rings. The van der Waals surface area contributed by atoms with E-state index in [1.807, 2.05) is 19.1 Å². The SMILES string of the molecule is Cc1cc(C(N)=O)cc2cccnc12. The van der Waals surface area contributed by atoms with Crippen LogP contribution in [-0.4, -0.2) is 10.9 Å². The fourth-order valence-electron chi connectivity index (χ4n) is 1.52. The highest BCUT2D eigenvalue weighted by atomic mass is 16.1. The zero-order valence-corrected chi connectivity index (χ0v) is 7.82. The van der Waals surface area contributed by atoms with Crippen molar-refractivity contribution in [1.29, 1.82) is 0 Å². The van der Waals surface area contributed by atoms with Crippen LogP contribution in [0.3, 0.4) is 0 Å². The van der Waals surface area contributed by atoms with Crippen LogP contribution >= 0.6 is 0 Å². The Labute approximate surface area is 81.6 Å². The highest BCUT2D eigenvalue weighted by Crippen LogP contribution is 2.17. The molecule has 0 saturated heterocycles. The van der Waals surface area contributed by atoms with E-state index in [1.165, 1.54) is 0 Å². The van der Waals surface area contributed by atoms with Gasteiger partial charge in [-0.1, -0.05) is 6.07 Å². The summed E-state index contributed by atoms with van der Waals surface area (Å²) in [6.45, 7) is 1.92. The Morgan fingerprint density at radius 3 is 2.93 bits per heavy atom. The fraction of sp³-hybridized carbons (Fsp3) is 0.0909. The van der Waals surface area contributed by atoms with E-state index in [0.29, 0.717) is 5.56 Å². The summed E-state index contributed by atoms with van der Waals surface area (Å²) in [5, 5.41) is 0.946. The Balaban J connectivity index is 2.78. The van der Waals surface area contributed by atoms with Gasteiger partial charge in [-0.3, -0.25) is 9.78 Å². The van der Waals surface area contributed by atoms with E-state index in [4.69, 9.17) is 5.73 Å². The molecule has 1 aromatic carbocycles. The zero-order valence-electron chi connectivity index (χ0n) is 7.82. The minimum absolute atomic E-state index is 0.404. The molecular formula is C11H10N2O. The molecule has 14 heavy (non-hydrogen) atoms. The van der Waals surface area contributed by atoms with Crippen molar-refractivity contribution in [2.24, 2.45) is 5.73 Å². The van der Waals surface area contributed by atoms with Gasteiger partial charge >= 0.3 is 0 Å². The average Bonchev–Trinajstić information content (AvgIpc) is 2.17. The molecule has 0 aliphatic heterocycles. The molecule has 3 nitrogen and oxygen atoms in total. The second-order valence-corrected chi connectivity index (χ2v) is 3.23. The number of benzene rings is 1. The number of nitrogens with two attached hydrogens (primary N) is 1. The third-order valence-electron chi connectivity index (χ3n) is 2.18. The van der Waals surface area contributed by atoms with Crippen LogP contribution in [-0.2, 0) is 0 Å². The number of aryl methyl sites for hydroxylation is 1. The summed E-state index contributed by atoms with van der Waals surface area (Å²) < 4.78 is 0. The van der Waals surface area contributed by atoms with Crippen LogP contribution in [0.1, 0.15) is 15.9 Å². The summed E-state index contributed by atoms with van der Waals surface area (Å²) in [4.78, 5) is 15.2. The number of pyridine rings is 1. The van der Waals surface area contributed by atoms with E-state index in [-0.39, 0.29) is 0 Å². The molecule has 0 fully saturated rings. The molecule has 3 heteroatoms. The smallest absolute Gasteiger partial charge is 0.248 e. The molecule has 0 saturated carbocycles. The zero-order chi connectivity index (χ0) is 10.1. The Morgan fingerprint density at radius 1 is 1.43 bits per heavy atom. The van der Waals surface area contributed by atoms with Crippen LogP contribution in [0.5, 0.6) is 0 Å². The van der Waals surface area contributed by atoms with Gasteiger partial charge in [0.2, 0.25) is 5.91 Å². The number of amides is 1. The Kier molecular flexibility index (Phi) is 1.93. The van der Waals surface area contributed by atoms with Crippen molar-refractivity contribution >= 4 is 16.8 Å². The molecule has 1 amide bonds. The number of hydrogen-bond acceptors (Lipinski definition) is 2. The average molecular weight is 186 g/mol. The van der Waals surface area contributed by atoms with Crippen LogP contribution < -0.4 is 5.73 Å². The third kappa shape index (κ3) is 1.33. The van der Waals surface area contributed by atoms with Crippen LogP contribution in [0.25, 0.3) is 10.9 Å². The van der Waals surface area contributed by atoms with Gasteiger partial charge in [-0.2, -0.15) is 0 Å². The predicted molar refractivity (Wildman–Crippen MR) is 55.0 cm³/mol. The fourth-order valence-corrected chi connectivity index (χ4v) is 1.52. The van der Waals surface area contributed by atoms with Crippen LogP contribution in [0, 0.1) is 6.92 Å². The van der Waals surface area contributed by atoms with Gasteiger partial charge in [0.05, 0.1) is 5.52 Å². The van der Waals surface area contributed by atoms with Crippen molar-refractivity contribution in [2.45, 2.75) is 6.92 Å². The lowest BCUT2D eigenvalue weighted by Gasteiger charge is -2.03. The van der Waals surface area contributed by atoms with Crippen molar-refractivity contribution < 1.29 is 4.79 Å². The number of rotatable bonds is 1. The maximum absolute atomic E-state index is 11.0. The number of aromatic nitrogens is 1. The summed E-state index contributed by atoms with van der Waals surface area (Å²) in [7, 11) is 0. The first-order chi connectivity index (χ1) is 6.68. The molecule has 0 bridgehead atoms. The highest BCUT2D eigenvalue weighted by molar-refractivity contribution is 5.97. The topological polar surface area (TPSA) is 56.0 Å². The predicted octanol–water partition coefficient (Wildman–Crippen LogP) is 1.64. The molecule has 2 rings (SSSR count). The van der Waals surface area contributed by atoms with E-state index in [2.05, 4.69) is 4.98 Å². The number of carbonyl (C=O) groups is 1. The van der Waals surface area contributed by atoms with E-state index < -0.39 is 5.91 Å². The highest BCUT2D eigenvalue weighted by Gasteiger charge is 2.04. The molecule has 70 valence electrons. The third-order valence-corrected chi connectivity index (χ3v) is 2.18. The van der Waals surface area contributed by atoms with Crippen molar-refractivity contribution in [1.82, 2.24) is 4.98 Å². The summed E-state index contributed by atoms with van der Waals surface area (Å²) in [6, 6.07) is 7.28. The molecule has 0 spiro atoms. The second kappa shape index (κ2) is 3.10. The normalized spacial score (nSPS) is 10.4. The molecule has 1 heterocycles. The Morgan fingerprint density at radius 2 is 2.21 bits per heavy atom. The monoisotopic (exact) mass is 186 g/mol. The minimum atomic E-state index is -0.404. The molecule has 0 radical (unpaired) electrons. The quantitative estimate of drug-likeness (QED) is 0.736. The molecule has 2 aromatic rings. The summed E-state index contributed by atoms with van der Waals surface area (Å²) in [6.07, 6.45) is 1.74. The molecule has 0 atom stereocenters. The standard InChI is InChI=1S/C11H10N2O/c1-7-5-9(11(12)14)6-8-3-2-4-13-10(7)8/h2-6H,1H3,(H2,12,14). The number of fused-ring (bicyclic) bond motifs is 1. The molecule has 1 aromatic heterocycles. The van der Waals surface area contributed by atoms with E-state index >= 15 is 0 Å². The van der Waals surface area contributed by atoms with Crippen molar-refractivity contribution in [2.75, 3.05) is 0 Å². The second-order valence-electron chi connectivity index (χ2n) is 3.23. The number of nitrogens with zero attached hydrogens (tertiary/aromatic N) is 1. The van der Waals surface area contributed by atoms with E-state index in [1.54, 1.807) is 18.3 Å². The van der Waals surface area contributed by atoms with E-state index in [9.17, 15) is 4.79 Å². The van der Waals surface area contributed by atoms with Gasteiger partial charge in [0.25, 0.3) is 0 Å². The largest absolute Gasteiger partial charge is 0.366 e. The van der Waals surface area contributed by atoms with Gasteiger partial charge in [0, 0.05) is 17.1 Å². The first-order valence-electron chi connectivity index (χ1n) is 4.33. The first kappa shape index (κ1) is 8.69. The first-order valence-corrected chi connectivity index (χ1v) is 4.33. The summed E-state index contributed by atoms with van der Waals surface area (Å²) >= 11 is 0. The van der Waals surface area contributed by atoms with Crippen LogP contribution in [0.15, 0.2) is 30.5 Å². The number of carbonyl (C=O) groups excluding carboxylic acids is 1. The van der Waals surface area contributed by atoms with Gasteiger partial charge in [-0.05, 0) is 30.7 Å².